The summed E-state index contributed by atoms with van der Waals surface area (Å²) in [6, 6.07) is 7.93. The number of rotatable bonds is 12. The van der Waals surface area contributed by atoms with Crippen molar-refractivity contribution in [2.75, 3.05) is 6.61 Å². The number of carbonyl (C=O) groups excluding carboxylic acids is 1. The van der Waals surface area contributed by atoms with Gasteiger partial charge in [-0.2, -0.15) is 13.2 Å². The van der Waals surface area contributed by atoms with Crippen LogP contribution in [0.15, 0.2) is 36.4 Å². The lowest BCUT2D eigenvalue weighted by molar-refractivity contribution is -0.278. The van der Waals surface area contributed by atoms with Crippen LogP contribution in [-0.4, -0.2) is 23.6 Å². The topological polar surface area (TPSA) is 55.8 Å². The second-order valence-corrected chi connectivity index (χ2v) is 9.28. The molecule has 0 bridgehead atoms. The molecule has 2 aromatic carbocycles. The molecular formula is C28H35F3O4. The highest BCUT2D eigenvalue weighted by molar-refractivity contribution is 6.00. The number of aromatic hydroxyl groups is 1. The molecule has 1 aliphatic carbocycles. The van der Waals surface area contributed by atoms with Crippen LogP contribution in [0.3, 0.4) is 0 Å². The fourth-order valence-corrected chi connectivity index (χ4v) is 4.63. The van der Waals surface area contributed by atoms with E-state index in [1.54, 1.807) is 6.92 Å². The molecule has 35 heavy (non-hydrogen) atoms. The molecule has 2 aromatic rings. The van der Waals surface area contributed by atoms with Crippen molar-refractivity contribution in [1.29, 1.82) is 0 Å². The quantitative estimate of drug-likeness (QED) is 0.245. The molecule has 0 atom stereocenters. The summed E-state index contributed by atoms with van der Waals surface area (Å²) in [7, 11) is 0. The van der Waals surface area contributed by atoms with Gasteiger partial charge in [-0.1, -0.05) is 56.9 Å². The molecule has 1 N–H and O–H groups in total. The maximum Gasteiger partial charge on any atom is 0.383 e. The summed E-state index contributed by atoms with van der Waals surface area (Å²) >= 11 is 0. The standard InChI is InChI=1S/C28H35F3O4/c1-3-5-6-7-19-10-14-22(15-11-19)35-28(30,31)21-12-8-20(9-13-21)18-24(32)23-16-17-25(34-4-2)26(29)27(23)33/h8-9,12-13,16-17,19,22,33H,3-7,10-11,14-15,18H2,1-2H3. The zero-order valence-corrected chi connectivity index (χ0v) is 20.5. The van der Waals surface area contributed by atoms with E-state index in [9.17, 15) is 23.1 Å². The van der Waals surface area contributed by atoms with Crippen LogP contribution in [0.1, 0.15) is 86.7 Å². The van der Waals surface area contributed by atoms with E-state index in [1.807, 2.05) is 0 Å². The van der Waals surface area contributed by atoms with Crippen LogP contribution < -0.4 is 4.74 Å². The first-order chi connectivity index (χ1) is 16.7. The van der Waals surface area contributed by atoms with Crippen molar-refractivity contribution >= 4 is 5.78 Å². The van der Waals surface area contributed by atoms with E-state index in [0.717, 1.165) is 19.3 Å². The average molecular weight is 493 g/mol. The molecule has 0 radical (unpaired) electrons. The molecule has 0 aliphatic heterocycles. The Bertz CT molecular complexity index is 967. The Balaban J connectivity index is 1.56. The normalized spacial score (nSPS) is 18.4. The van der Waals surface area contributed by atoms with Crippen LogP contribution >= 0.6 is 0 Å². The van der Waals surface area contributed by atoms with Gasteiger partial charge in [-0.25, -0.2) is 0 Å². The van der Waals surface area contributed by atoms with Crippen molar-refractivity contribution in [2.45, 2.75) is 83.8 Å². The Morgan fingerprint density at radius 1 is 1.03 bits per heavy atom. The third kappa shape index (κ3) is 7.23. The Kier molecular flexibility index (Phi) is 9.61. The minimum atomic E-state index is -3.42. The van der Waals surface area contributed by atoms with Gasteiger partial charge in [-0.15, -0.1) is 0 Å². The second kappa shape index (κ2) is 12.4. The zero-order valence-electron chi connectivity index (χ0n) is 20.5. The summed E-state index contributed by atoms with van der Waals surface area (Å²) in [5.41, 5.74) is 0.0125. The number of benzene rings is 2. The number of halogens is 3. The van der Waals surface area contributed by atoms with E-state index in [1.165, 1.54) is 55.7 Å². The Labute approximate surface area is 205 Å². The summed E-state index contributed by atoms with van der Waals surface area (Å²) in [6.45, 7) is 4.06. The van der Waals surface area contributed by atoms with E-state index >= 15 is 0 Å². The van der Waals surface area contributed by atoms with Crippen molar-refractivity contribution in [3.63, 3.8) is 0 Å². The van der Waals surface area contributed by atoms with E-state index in [4.69, 9.17) is 9.47 Å². The van der Waals surface area contributed by atoms with Crippen molar-refractivity contribution in [1.82, 2.24) is 0 Å². The van der Waals surface area contributed by atoms with Crippen LogP contribution in [0, 0.1) is 11.7 Å². The highest BCUT2D eigenvalue weighted by atomic mass is 19.3. The molecule has 0 unspecified atom stereocenters. The average Bonchev–Trinajstić information content (AvgIpc) is 2.83. The third-order valence-corrected chi connectivity index (χ3v) is 6.66. The Morgan fingerprint density at radius 3 is 2.34 bits per heavy atom. The molecule has 0 saturated heterocycles. The van der Waals surface area contributed by atoms with Gasteiger partial charge in [0.15, 0.2) is 17.3 Å². The first kappa shape index (κ1) is 27.1. The molecule has 192 valence electrons. The van der Waals surface area contributed by atoms with Crippen LogP contribution in [0.4, 0.5) is 13.2 Å². The minimum absolute atomic E-state index is 0.141. The predicted octanol–water partition coefficient (Wildman–Crippen LogP) is 7.56. The van der Waals surface area contributed by atoms with Crippen molar-refractivity contribution in [3.8, 4) is 11.5 Å². The van der Waals surface area contributed by atoms with Gasteiger partial charge in [-0.3, -0.25) is 4.79 Å². The van der Waals surface area contributed by atoms with Gasteiger partial charge in [0.1, 0.15) is 0 Å². The maximum absolute atomic E-state index is 14.8. The first-order valence-electron chi connectivity index (χ1n) is 12.6. The Hall–Kier alpha value is -2.54. The van der Waals surface area contributed by atoms with Crippen LogP contribution in [0.25, 0.3) is 0 Å². The number of hydrogen-bond donors (Lipinski definition) is 1. The predicted molar refractivity (Wildman–Crippen MR) is 129 cm³/mol. The molecule has 1 saturated carbocycles. The number of alkyl halides is 2. The number of hydrogen-bond acceptors (Lipinski definition) is 4. The van der Waals surface area contributed by atoms with Crippen molar-refractivity contribution < 1.29 is 32.5 Å². The zero-order chi connectivity index (χ0) is 25.4. The molecule has 1 fully saturated rings. The van der Waals surface area contributed by atoms with E-state index in [-0.39, 0.29) is 29.9 Å². The lowest BCUT2D eigenvalue weighted by Gasteiger charge is -2.31. The maximum atomic E-state index is 14.8. The second-order valence-electron chi connectivity index (χ2n) is 9.28. The van der Waals surface area contributed by atoms with Crippen LogP contribution in [0.5, 0.6) is 11.5 Å². The molecule has 4 nitrogen and oxygen atoms in total. The monoisotopic (exact) mass is 492 g/mol. The fraction of sp³-hybridized carbons (Fsp3) is 0.536. The molecule has 3 rings (SSSR count). The Morgan fingerprint density at radius 2 is 1.71 bits per heavy atom. The van der Waals surface area contributed by atoms with Gasteiger partial charge in [0, 0.05) is 6.42 Å². The van der Waals surface area contributed by atoms with Gasteiger partial charge in [0.2, 0.25) is 5.82 Å². The summed E-state index contributed by atoms with van der Waals surface area (Å²) in [4.78, 5) is 12.6. The fourth-order valence-electron chi connectivity index (χ4n) is 4.63. The van der Waals surface area contributed by atoms with E-state index in [2.05, 4.69) is 6.92 Å². The smallest absolute Gasteiger partial charge is 0.383 e. The van der Waals surface area contributed by atoms with Gasteiger partial charge < -0.3 is 14.6 Å². The lowest BCUT2D eigenvalue weighted by atomic mass is 9.84. The molecule has 0 aromatic heterocycles. The van der Waals surface area contributed by atoms with Gasteiger partial charge >= 0.3 is 6.11 Å². The van der Waals surface area contributed by atoms with Gasteiger partial charge in [0.05, 0.1) is 23.8 Å². The van der Waals surface area contributed by atoms with E-state index < -0.39 is 29.6 Å². The molecule has 1 aliphatic rings. The molecule has 0 spiro atoms. The van der Waals surface area contributed by atoms with Gasteiger partial charge in [0.25, 0.3) is 0 Å². The largest absolute Gasteiger partial charge is 0.504 e. The highest BCUT2D eigenvalue weighted by Gasteiger charge is 2.37. The SMILES string of the molecule is CCCCCC1CCC(OC(F)(F)c2ccc(CC(=O)c3ccc(OCC)c(F)c3O)cc2)CC1. The minimum Gasteiger partial charge on any atom is -0.504 e. The van der Waals surface area contributed by atoms with Crippen molar-refractivity contribution in [3.05, 3.63) is 58.9 Å². The number of Topliss-reactive ketones (excluding diaryl/α,β-unsaturated/α-hetero) is 1. The third-order valence-electron chi connectivity index (χ3n) is 6.66. The summed E-state index contributed by atoms with van der Waals surface area (Å²) < 4.78 is 54.0. The summed E-state index contributed by atoms with van der Waals surface area (Å²) in [5.74, 6) is -1.85. The molecular weight excluding hydrogens is 457 g/mol. The number of ketones is 1. The number of phenolic OH excluding ortho intramolecular Hbond substituents is 1. The number of unbranched alkanes of at least 4 members (excludes halogenated alkanes) is 2. The van der Waals surface area contributed by atoms with E-state index in [0.29, 0.717) is 24.3 Å². The molecule has 0 amide bonds. The van der Waals surface area contributed by atoms with Crippen molar-refractivity contribution in [2.24, 2.45) is 5.92 Å². The highest BCUT2D eigenvalue weighted by Crippen LogP contribution is 2.37. The molecule has 0 heterocycles. The number of ether oxygens (including phenoxy) is 2. The van der Waals surface area contributed by atoms with Crippen LogP contribution in [-0.2, 0) is 17.3 Å². The summed E-state index contributed by atoms with van der Waals surface area (Å²) in [5, 5.41) is 10.0. The molecule has 7 heteroatoms. The summed E-state index contributed by atoms with van der Waals surface area (Å²) in [6.07, 6.45) is 3.83. The number of phenols is 1. The number of carbonyl (C=O) groups is 1. The lowest BCUT2D eigenvalue weighted by Crippen LogP contribution is -2.29. The van der Waals surface area contributed by atoms with Crippen LogP contribution in [0.2, 0.25) is 0 Å². The first-order valence-corrected chi connectivity index (χ1v) is 12.6. The van der Waals surface area contributed by atoms with Gasteiger partial charge in [-0.05, 0) is 56.2 Å².